The first-order valence-electron chi connectivity index (χ1n) is 6.79. The molecule has 0 amide bonds. The summed E-state index contributed by atoms with van der Waals surface area (Å²) in [6, 6.07) is 1.23. The highest BCUT2D eigenvalue weighted by Crippen LogP contribution is 2.41. The number of hydrogen-bond acceptors (Lipinski definition) is 5. The van der Waals surface area contributed by atoms with Crippen molar-refractivity contribution < 1.29 is 18.6 Å². The standard InChI is InChI=1S/C9H11F2N3O3.C5H10/c10-9(11)3-5(4-15)17-7(9)14-2-1-6(12)13-8(14)16;1-4-5(2)3/h1-2,5,7,15H,3-4H2,(H2,12,13,16);4H,1-3H3. The fourth-order valence-corrected chi connectivity index (χ4v) is 1.72. The van der Waals surface area contributed by atoms with Crippen LogP contribution in [0.4, 0.5) is 14.6 Å². The molecular weight excluding hydrogens is 296 g/mol. The maximum Gasteiger partial charge on any atom is 0.351 e. The van der Waals surface area contributed by atoms with Gasteiger partial charge in [-0.25, -0.2) is 13.6 Å². The third-order valence-corrected chi connectivity index (χ3v) is 3.07. The molecule has 0 aliphatic carbocycles. The Morgan fingerprint density at radius 3 is 2.64 bits per heavy atom. The predicted molar refractivity (Wildman–Crippen MR) is 78.6 cm³/mol. The molecule has 2 heterocycles. The Hall–Kier alpha value is -1.80. The van der Waals surface area contributed by atoms with Crippen LogP contribution in [0.25, 0.3) is 0 Å². The van der Waals surface area contributed by atoms with Crippen LogP contribution in [0.2, 0.25) is 0 Å². The van der Waals surface area contributed by atoms with Crippen LogP contribution in [0.3, 0.4) is 0 Å². The van der Waals surface area contributed by atoms with Gasteiger partial charge in [-0.1, -0.05) is 11.6 Å². The number of nitrogens with two attached hydrogens (primary N) is 1. The summed E-state index contributed by atoms with van der Waals surface area (Å²) in [6.07, 6.45) is -0.187. The maximum atomic E-state index is 13.6. The van der Waals surface area contributed by atoms with Crippen LogP contribution in [0.5, 0.6) is 0 Å². The minimum absolute atomic E-state index is 0.0497. The number of nitrogen functional groups attached to an aromatic ring is 1. The molecule has 0 aromatic carbocycles. The second-order valence-electron chi connectivity index (χ2n) is 5.17. The fourth-order valence-electron chi connectivity index (χ4n) is 1.72. The topological polar surface area (TPSA) is 90.4 Å². The second kappa shape index (κ2) is 7.46. The summed E-state index contributed by atoms with van der Waals surface area (Å²) in [4.78, 5) is 14.7. The van der Waals surface area contributed by atoms with Crippen molar-refractivity contribution in [2.45, 2.75) is 45.4 Å². The van der Waals surface area contributed by atoms with Gasteiger partial charge in [-0.05, 0) is 26.8 Å². The average molecular weight is 317 g/mol. The molecule has 2 atom stereocenters. The zero-order chi connectivity index (χ0) is 16.9. The molecule has 0 bridgehead atoms. The Kier molecular flexibility index (Phi) is 6.19. The van der Waals surface area contributed by atoms with Gasteiger partial charge in [-0.15, -0.1) is 0 Å². The number of ether oxygens (including phenoxy) is 1. The van der Waals surface area contributed by atoms with E-state index in [1.165, 1.54) is 11.6 Å². The smallest absolute Gasteiger partial charge is 0.351 e. The molecule has 1 aromatic rings. The molecule has 2 rings (SSSR count). The van der Waals surface area contributed by atoms with Gasteiger partial charge in [0.25, 0.3) is 5.92 Å². The third-order valence-electron chi connectivity index (χ3n) is 3.07. The molecule has 1 aliphatic heterocycles. The minimum Gasteiger partial charge on any atom is -0.394 e. The number of anilines is 1. The highest BCUT2D eigenvalue weighted by atomic mass is 19.3. The SMILES string of the molecule is CC=C(C)C.Nc1ccn(C2OC(CO)CC2(F)F)c(=O)n1. The van der Waals surface area contributed by atoms with E-state index in [-0.39, 0.29) is 5.82 Å². The lowest BCUT2D eigenvalue weighted by atomic mass is 10.2. The Morgan fingerprint density at radius 1 is 1.64 bits per heavy atom. The van der Waals surface area contributed by atoms with Gasteiger partial charge < -0.3 is 15.6 Å². The van der Waals surface area contributed by atoms with Gasteiger partial charge in [0.15, 0.2) is 0 Å². The molecule has 0 spiro atoms. The zero-order valence-corrected chi connectivity index (χ0v) is 12.8. The van der Waals surface area contributed by atoms with Crippen LogP contribution in [-0.4, -0.2) is 33.3 Å². The van der Waals surface area contributed by atoms with Gasteiger partial charge in [0.05, 0.1) is 12.7 Å². The highest BCUT2D eigenvalue weighted by molar-refractivity contribution is 5.23. The summed E-state index contributed by atoms with van der Waals surface area (Å²) in [5.41, 5.74) is 5.73. The van der Waals surface area contributed by atoms with Crippen LogP contribution >= 0.6 is 0 Å². The van der Waals surface area contributed by atoms with Crippen molar-refractivity contribution in [3.63, 3.8) is 0 Å². The number of halogens is 2. The lowest BCUT2D eigenvalue weighted by Gasteiger charge is -2.19. The summed E-state index contributed by atoms with van der Waals surface area (Å²) in [6.45, 7) is 5.68. The Bertz CT molecular complexity index is 583. The first kappa shape index (κ1) is 18.2. The first-order chi connectivity index (χ1) is 10.2. The van der Waals surface area contributed by atoms with E-state index >= 15 is 0 Å². The predicted octanol–water partition coefficient (Wildman–Crippen LogP) is 1.71. The van der Waals surface area contributed by atoms with Crippen LogP contribution in [0.1, 0.15) is 33.4 Å². The minimum atomic E-state index is -3.23. The second-order valence-corrected chi connectivity index (χ2v) is 5.17. The molecule has 1 aliphatic rings. The monoisotopic (exact) mass is 317 g/mol. The van der Waals surface area contributed by atoms with E-state index in [9.17, 15) is 13.6 Å². The lowest BCUT2D eigenvalue weighted by Crippen LogP contribution is -2.35. The van der Waals surface area contributed by atoms with Crippen molar-refractivity contribution in [3.05, 3.63) is 34.4 Å². The zero-order valence-electron chi connectivity index (χ0n) is 12.8. The van der Waals surface area contributed by atoms with Gasteiger partial charge in [0, 0.05) is 12.6 Å². The molecule has 1 fully saturated rings. The number of alkyl halides is 2. The van der Waals surface area contributed by atoms with Gasteiger partial charge in [0.2, 0.25) is 6.23 Å². The van der Waals surface area contributed by atoms with Crippen LogP contribution in [0, 0.1) is 0 Å². The average Bonchev–Trinajstić information content (AvgIpc) is 2.74. The summed E-state index contributed by atoms with van der Waals surface area (Å²) < 4.78 is 32.7. The normalized spacial score (nSPS) is 22.6. The van der Waals surface area contributed by atoms with Gasteiger partial charge in [-0.2, -0.15) is 4.98 Å². The Morgan fingerprint density at radius 2 is 2.23 bits per heavy atom. The molecule has 2 unspecified atom stereocenters. The number of hydrogen-bond donors (Lipinski definition) is 2. The van der Waals surface area contributed by atoms with E-state index in [1.807, 2.05) is 6.92 Å². The molecule has 6 nitrogen and oxygen atoms in total. The number of aliphatic hydroxyl groups excluding tert-OH is 1. The van der Waals surface area contributed by atoms with E-state index in [1.54, 1.807) is 0 Å². The van der Waals surface area contributed by atoms with Gasteiger partial charge >= 0.3 is 5.69 Å². The van der Waals surface area contributed by atoms with Crippen LogP contribution < -0.4 is 11.4 Å². The van der Waals surface area contributed by atoms with Crippen LogP contribution in [-0.2, 0) is 4.74 Å². The van der Waals surface area contributed by atoms with Crippen molar-refractivity contribution in [1.29, 1.82) is 0 Å². The van der Waals surface area contributed by atoms with Crippen molar-refractivity contribution >= 4 is 5.82 Å². The van der Waals surface area contributed by atoms with Crippen molar-refractivity contribution in [2.75, 3.05) is 12.3 Å². The van der Waals surface area contributed by atoms with E-state index in [0.717, 1.165) is 6.20 Å². The molecule has 8 heteroatoms. The summed E-state index contributed by atoms with van der Waals surface area (Å²) in [5, 5.41) is 8.80. The van der Waals surface area contributed by atoms with Crippen molar-refractivity contribution in [1.82, 2.24) is 9.55 Å². The number of aromatic nitrogens is 2. The fraction of sp³-hybridized carbons (Fsp3) is 0.571. The van der Waals surface area contributed by atoms with Crippen molar-refractivity contribution in [2.24, 2.45) is 0 Å². The summed E-state index contributed by atoms with van der Waals surface area (Å²) in [7, 11) is 0. The van der Waals surface area contributed by atoms with E-state index in [0.29, 0.717) is 4.57 Å². The molecule has 0 saturated carbocycles. The number of rotatable bonds is 2. The Labute approximate surface area is 127 Å². The molecule has 0 radical (unpaired) electrons. The lowest BCUT2D eigenvalue weighted by molar-refractivity contribution is -0.120. The first-order valence-corrected chi connectivity index (χ1v) is 6.79. The molecule has 22 heavy (non-hydrogen) atoms. The third kappa shape index (κ3) is 4.60. The molecule has 1 saturated heterocycles. The highest BCUT2D eigenvalue weighted by Gasteiger charge is 2.51. The molecular formula is C14H21F2N3O3. The Balaban J connectivity index is 0.000000422. The number of nitrogens with zero attached hydrogens (tertiary/aromatic N) is 2. The van der Waals surface area contributed by atoms with Crippen molar-refractivity contribution in [3.8, 4) is 0 Å². The summed E-state index contributed by atoms with van der Waals surface area (Å²) >= 11 is 0. The van der Waals surface area contributed by atoms with E-state index < -0.39 is 37.0 Å². The largest absolute Gasteiger partial charge is 0.394 e. The van der Waals surface area contributed by atoms with Gasteiger partial charge in [-0.3, -0.25) is 4.57 Å². The number of aliphatic hydroxyl groups is 1. The molecule has 124 valence electrons. The molecule has 1 aromatic heterocycles. The van der Waals surface area contributed by atoms with Crippen LogP contribution in [0.15, 0.2) is 28.7 Å². The quantitative estimate of drug-likeness (QED) is 0.811. The van der Waals surface area contributed by atoms with E-state index in [4.69, 9.17) is 15.6 Å². The number of allylic oxidation sites excluding steroid dienone is 2. The maximum absolute atomic E-state index is 13.6. The summed E-state index contributed by atoms with van der Waals surface area (Å²) in [5.74, 6) is -3.28. The molecule has 3 N–H and O–H groups in total. The van der Waals surface area contributed by atoms with E-state index in [2.05, 4.69) is 24.9 Å². The van der Waals surface area contributed by atoms with Gasteiger partial charge in [0.1, 0.15) is 5.82 Å².